The molecule has 2 aromatic carbocycles. The van der Waals surface area contributed by atoms with E-state index in [1.807, 2.05) is 19.6 Å². The lowest BCUT2D eigenvalue weighted by molar-refractivity contribution is -0.173. The van der Waals surface area contributed by atoms with E-state index in [0.717, 1.165) is 121 Å². The minimum Gasteiger partial charge on any atom is -0.413 e. The summed E-state index contributed by atoms with van der Waals surface area (Å²) in [5, 5.41) is 8.13. The number of urea groups is 2. The van der Waals surface area contributed by atoms with Gasteiger partial charge in [-0.25, -0.2) is 9.59 Å². The van der Waals surface area contributed by atoms with Gasteiger partial charge in [0, 0.05) is 62.5 Å². The van der Waals surface area contributed by atoms with Gasteiger partial charge in [0.05, 0.1) is 6.54 Å². The number of carbonyl (C=O) groups excluding carboxylic acids is 4. The molecule has 2 saturated heterocycles. The quantitative estimate of drug-likeness (QED) is 0.159. The SMILES string of the molecule is O=C(CNC(=O)C(F)(F)F)c1ccc(CN(C(=O)N2CCCCC2)C2CCCC2)cc1.O=C(N1CCCCC1)N(Cc1ccc(-c2nnc(C(F)(F)F)o2)cc1)C1CCCC1. The number of ketones is 1. The van der Waals surface area contributed by atoms with Gasteiger partial charge in [-0.2, -0.15) is 26.3 Å². The van der Waals surface area contributed by atoms with Gasteiger partial charge in [0.2, 0.25) is 5.89 Å². The fraction of sp³-hybridized carbons (Fsp3) is 0.581. The number of alkyl halides is 6. The molecule has 0 bridgehead atoms. The first-order valence-electron chi connectivity index (χ1n) is 21.3. The van der Waals surface area contributed by atoms with Crippen LogP contribution in [0.15, 0.2) is 52.9 Å². The smallest absolute Gasteiger partial charge is 0.413 e. The third-order valence-corrected chi connectivity index (χ3v) is 11.8. The highest BCUT2D eigenvalue weighted by molar-refractivity contribution is 5.99. The summed E-state index contributed by atoms with van der Waals surface area (Å²) >= 11 is 0. The summed E-state index contributed by atoms with van der Waals surface area (Å²) in [7, 11) is 0. The Labute approximate surface area is 351 Å². The van der Waals surface area contributed by atoms with Gasteiger partial charge in [-0.3, -0.25) is 9.59 Å². The van der Waals surface area contributed by atoms with Crippen LogP contribution in [0.2, 0.25) is 0 Å². The summed E-state index contributed by atoms with van der Waals surface area (Å²) in [6, 6.07) is 14.0. The van der Waals surface area contributed by atoms with Crippen molar-refractivity contribution in [2.75, 3.05) is 32.7 Å². The van der Waals surface area contributed by atoms with Crippen LogP contribution in [0.25, 0.3) is 11.5 Å². The molecule has 12 nitrogen and oxygen atoms in total. The topological polar surface area (TPSA) is 132 Å². The molecular weight excluding hydrogens is 809 g/mol. The number of rotatable bonds is 10. The Bertz CT molecular complexity index is 1910. The zero-order chi connectivity index (χ0) is 43.6. The number of hydrogen-bond acceptors (Lipinski definition) is 7. The minimum absolute atomic E-state index is 0.0571. The summed E-state index contributed by atoms with van der Waals surface area (Å²) in [4.78, 5) is 57.1. The van der Waals surface area contributed by atoms with Gasteiger partial charge in [0.25, 0.3) is 0 Å². The second-order valence-electron chi connectivity index (χ2n) is 16.2. The molecule has 0 radical (unpaired) electrons. The fourth-order valence-electron chi connectivity index (χ4n) is 8.43. The summed E-state index contributed by atoms with van der Waals surface area (Å²) in [6.45, 7) is 3.36. The molecule has 1 N–H and O–H groups in total. The zero-order valence-electron chi connectivity index (χ0n) is 34.1. The lowest BCUT2D eigenvalue weighted by Crippen LogP contribution is -2.48. The number of carbonyl (C=O) groups is 4. The molecule has 0 unspecified atom stereocenters. The van der Waals surface area contributed by atoms with Crippen LogP contribution in [0.3, 0.4) is 0 Å². The predicted octanol–water partition coefficient (Wildman–Crippen LogP) is 9.00. The first-order chi connectivity index (χ1) is 29.2. The van der Waals surface area contributed by atoms with Gasteiger partial charge >= 0.3 is 36.2 Å². The maximum atomic E-state index is 13.2. The monoisotopic (exact) mass is 861 g/mol. The number of nitrogens with one attached hydrogen (secondary N) is 1. The number of halogens is 6. The van der Waals surface area contributed by atoms with Gasteiger partial charge in [0.15, 0.2) is 5.78 Å². The summed E-state index contributed by atoms with van der Waals surface area (Å²) in [5.74, 6) is -4.28. The van der Waals surface area contributed by atoms with Crippen LogP contribution in [0.5, 0.6) is 0 Å². The highest BCUT2D eigenvalue weighted by Gasteiger charge is 2.39. The number of aromatic nitrogens is 2. The molecule has 332 valence electrons. The summed E-state index contributed by atoms with van der Waals surface area (Å²) in [5.41, 5.74) is 2.40. The van der Waals surface area contributed by atoms with E-state index >= 15 is 0 Å². The Morgan fingerprint density at radius 2 is 1.07 bits per heavy atom. The lowest BCUT2D eigenvalue weighted by atomic mass is 10.1. The van der Waals surface area contributed by atoms with Crippen molar-refractivity contribution in [2.45, 2.75) is 127 Å². The van der Waals surface area contributed by atoms with Gasteiger partial charge in [-0.1, -0.05) is 62.1 Å². The maximum absolute atomic E-state index is 13.2. The molecule has 3 heterocycles. The molecule has 3 aromatic rings. The van der Waals surface area contributed by atoms with Gasteiger partial charge in [-0.15, -0.1) is 10.2 Å². The molecule has 0 spiro atoms. The van der Waals surface area contributed by atoms with Crippen molar-refractivity contribution in [1.82, 2.24) is 35.1 Å². The Hall–Kier alpha value is -5.16. The number of likely N-dealkylation sites (tertiary alicyclic amines) is 2. The van der Waals surface area contributed by atoms with E-state index < -0.39 is 36.5 Å². The first kappa shape index (κ1) is 45.4. The zero-order valence-corrected chi connectivity index (χ0v) is 34.1. The highest BCUT2D eigenvalue weighted by atomic mass is 19.4. The Balaban J connectivity index is 0.000000204. The van der Waals surface area contributed by atoms with Crippen molar-refractivity contribution >= 4 is 23.8 Å². The van der Waals surface area contributed by atoms with Crippen LogP contribution >= 0.6 is 0 Å². The number of Topliss-reactive ketones (excluding diaryl/α,β-unsaturated/α-hetero) is 1. The maximum Gasteiger partial charge on any atom is 0.471 e. The van der Waals surface area contributed by atoms with Crippen molar-refractivity contribution in [2.24, 2.45) is 0 Å². The van der Waals surface area contributed by atoms with Crippen LogP contribution < -0.4 is 5.32 Å². The van der Waals surface area contributed by atoms with E-state index in [1.165, 1.54) is 18.6 Å². The van der Waals surface area contributed by atoms with E-state index in [1.54, 1.807) is 41.7 Å². The van der Waals surface area contributed by atoms with E-state index in [9.17, 15) is 45.5 Å². The molecule has 5 amide bonds. The average Bonchev–Trinajstić information content (AvgIpc) is 4.09. The Morgan fingerprint density at radius 3 is 1.48 bits per heavy atom. The van der Waals surface area contributed by atoms with Crippen LogP contribution in [0, 0.1) is 0 Å². The van der Waals surface area contributed by atoms with E-state index in [0.29, 0.717) is 18.7 Å². The largest absolute Gasteiger partial charge is 0.471 e. The summed E-state index contributed by atoms with van der Waals surface area (Å²) in [6.07, 6.45) is 5.21. The van der Waals surface area contributed by atoms with Crippen molar-refractivity contribution in [3.8, 4) is 11.5 Å². The number of benzene rings is 2. The second-order valence-corrected chi connectivity index (χ2v) is 16.2. The Kier molecular flexibility index (Phi) is 15.3. The average molecular weight is 862 g/mol. The third-order valence-electron chi connectivity index (χ3n) is 11.8. The van der Waals surface area contributed by atoms with Gasteiger partial charge in [-0.05, 0) is 87.5 Å². The molecule has 18 heteroatoms. The minimum atomic E-state index is -5.02. The van der Waals surface area contributed by atoms with E-state index in [4.69, 9.17) is 4.42 Å². The normalized spacial score (nSPS) is 17.7. The molecule has 2 saturated carbocycles. The predicted molar refractivity (Wildman–Crippen MR) is 212 cm³/mol. The fourth-order valence-corrected chi connectivity index (χ4v) is 8.43. The molecule has 0 atom stereocenters. The van der Waals surface area contributed by atoms with Crippen molar-refractivity contribution in [3.05, 3.63) is 71.1 Å². The summed E-state index contributed by atoms with van der Waals surface area (Å²) < 4.78 is 79.5. The van der Waals surface area contributed by atoms with Crippen molar-refractivity contribution in [3.63, 3.8) is 0 Å². The number of nitrogens with zero attached hydrogens (tertiary/aromatic N) is 6. The van der Waals surface area contributed by atoms with Crippen LogP contribution in [0.4, 0.5) is 35.9 Å². The molecule has 61 heavy (non-hydrogen) atoms. The molecule has 1 aromatic heterocycles. The number of hydrogen-bond donors (Lipinski definition) is 1. The molecule has 4 fully saturated rings. The second kappa shape index (κ2) is 20.6. The number of amides is 5. The molecule has 4 aliphatic rings. The molecule has 7 rings (SSSR count). The highest BCUT2D eigenvalue weighted by Crippen LogP contribution is 2.32. The standard InChI is InChI=1S/C22H28F3N3O3.C21H25F3N4O2/c23-22(24,25)20(30)26-14-19(29)17-10-8-16(9-11-17)15-28(18-6-2-3-7-18)21(31)27-12-4-1-5-13-27;22-21(23,24)19-26-25-18(30-19)16-10-8-15(9-11-16)14-28(17-6-2-3-7-17)20(29)27-12-4-1-5-13-27/h8-11,18H,1-7,12-15H2,(H,26,30);8-11,17H,1-7,12-14H2. The molecular formula is C43H53F6N7O5. The Morgan fingerprint density at radius 1 is 0.623 bits per heavy atom. The third kappa shape index (κ3) is 12.5. The van der Waals surface area contributed by atoms with Crippen LogP contribution in [-0.4, -0.2) is 105 Å². The first-order valence-corrected chi connectivity index (χ1v) is 21.3. The van der Waals surface area contributed by atoms with Gasteiger partial charge in [0.1, 0.15) is 0 Å². The number of piperidine rings is 2. The van der Waals surface area contributed by atoms with Crippen molar-refractivity contribution < 1.29 is 49.9 Å². The van der Waals surface area contributed by atoms with Crippen LogP contribution in [0.1, 0.15) is 117 Å². The molecule has 2 aliphatic carbocycles. The van der Waals surface area contributed by atoms with E-state index in [2.05, 4.69) is 10.2 Å². The lowest BCUT2D eigenvalue weighted by Gasteiger charge is -2.36. The van der Waals surface area contributed by atoms with E-state index in [-0.39, 0.29) is 35.6 Å². The van der Waals surface area contributed by atoms with Crippen LogP contribution in [-0.2, 0) is 24.1 Å². The van der Waals surface area contributed by atoms with Gasteiger partial charge < -0.3 is 29.3 Å². The molecule has 2 aliphatic heterocycles. The van der Waals surface area contributed by atoms with Crippen molar-refractivity contribution in [1.29, 1.82) is 0 Å².